The molecule has 0 aliphatic rings. The van der Waals surface area contributed by atoms with Crippen LogP contribution >= 0.6 is 0 Å². The Bertz CT molecular complexity index is 296. The highest BCUT2D eigenvalue weighted by Crippen LogP contribution is 2.14. The lowest BCUT2D eigenvalue weighted by molar-refractivity contribution is -0.136. The van der Waals surface area contributed by atoms with E-state index < -0.39 is 5.97 Å². The van der Waals surface area contributed by atoms with Gasteiger partial charge < -0.3 is 5.11 Å². The third-order valence-corrected chi connectivity index (χ3v) is 4.92. The SMILES string of the molecule is CCCCCCCCCCCCCCCCCC/C=C/CCC(=O)O. The van der Waals surface area contributed by atoms with Gasteiger partial charge in [-0.15, -0.1) is 0 Å². The molecule has 0 fully saturated rings. The first-order chi connectivity index (χ1) is 12.3. The molecular formula is C23H44O2. The zero-order valence-electron chi connectivity index (χ0n) is 16.9. The first-order valence-corrected chi connectivity index (χ1v) is 11.1. The minimum atomic E-state index is -0.702. The third-order valence-electron chi connectivity index (χ3n) is 4.92. The standard InChI is InChI=1S/C23H44O2/c1-2-3-4-5-6-7-8-9-10-11-12-13-14-15-16-17-18-19-20-21-22-23(24)25/h19-20H,2-18,21-22H2,1H3,(H,24,25)/b20-19+. The fourth-order valence-corrected chi connectivity index (χ4v) is 3.25. The monoisotopic (exact) mass is 352 g/mol. The molecule has 2 heteroatoms. The van der Waals surface area contributed by atoms with E-state index in [4.69, 9.17) is 5.11 Å². The van der Waals surface area contributed by atoms with Crippen molar-refractivity contribution in [1.29, 1.82) is 0 Å². The Kier molecular flexibility index (Phi) is 20.6. The number of rotatable bonds is 20. The highest BCUT2D eigenvalue weighted by molar-refractivity contribution is 5.66. The Hall–Kier alpha value is -0.790. The van der Waals surface area contributed by atoms with Crippen LogP contribution in [0.5, 0.6) is 0 Å². The number of hydrogen-bond donors (Lipinski definition) is 1. The van der Waals surface area contributed by atoms with E-state index in [0.29, 0.717) is 6.42 Å². The first-order valence-electron chi connectivity index (χ1n) is 11.1. The van der Waals surface area contributed by atoms with Gasteiger partial charge in [0.1, 0.15) is 0 Å². The molecule has 0 aliphatic heterocycles. The van der Waals surface area contributed by atoms with Gasteiger partial charge in [0.05, 0.1) is 0 Å². The Morgan fingerprint density at radius 1 is 0.600 bits per heavy atom. The van der Waals surface area contributed by atoms with Gasteiger partial charge in [0.25, 0.3) is 0 Å². The summed E-state index contributed by atoms with van der Waals surface area (Å²) >= 11 is 0. The van der Waals surface area contributed by atoms with E-state index in [9.17, 15) is 4.79 Å². The zero-order chi connectivity index (χ0) is 18.4. The molecule has 25 heavy (non-hydrogen) atoms. The molecule has 0 rings (SSSR count). The minimum absolute atomic E-state index is 0.259. The number of hydrogen-bond acceptors (Lipinski definition) is 1. The van der Waals surface area contributed by atoms with Crippen LogP contribution < -0.4 is 0 Å². The van der Waals surface area contributed by atoms with Crippen molar-refractivity contribution in [2.75, 3.05) is 0 Å². The Labute approximate surface area is 157 Å². The van der Waals surface area contributed by atoms with Crippen molar-refractivity contribution in [2.24, 2.45) is 0 Å². The second-order valence-corrected chi connectivity index (χ2v) is 7.50. The smallest absolute Gasteiger partial charge is 0.303 e. The summed E-state index contributed by atoms with van der Waals surface area (Å²) in [6.07, 6.45) is 28.7. The zero-order valence-corrected chi connectivity index (χ0v) is 16.9. The molecule has 0 saturated heterocycles. The second-order valence-electron chi connectivity index (χ2n) is 7.50. The molecule has 0 saturated carbocycles. The molecule has 2 nitrogen and oxygen atoms in total. The van der Waals surface area contributed by atoms with Crippen LogP contribution in [-0.2, 0) is 4.79 Å². The van der Waals surface area contributed by atoms with Crippen molar-refractivity contribution in [3.63, 3.8) is 0 Å². The van der Waals surface area contributed by atoms with Gasteiger partial charge in [0.15, 0.2) is 0 Å². The van der Waals surface area contributed by atoms with Crippen molar-refractivity contribution < 1.29 is 9.90 Å². The molecule has 148 valence electrons. The van der Waals surface area contributed by atoms with Crippen molar-refractivity contribution in [2.45, 2.75) is 129 Å². The van der Waals surface area contributed by atoms with Crippen LogP contribution in [0, 0.1) is 0 Å². The molecule has 0 aromatic carbocycles. The van der Waals surface area contributed by atoms with Crippen LogP contribution in [0.3, 0.4) is 0 Å². The predicted molar refractivity (Wildman–Crippen MR) is 110 cm³/mol. The number of unbranched alkanes of at least 4 members (excludes halogenated alkanes) is 16. The maximum atomic E-state index is 10.4. The van der Waals surface area contributed by atoms with E-state index in [1.807, 2.05) is 6.08 Å². The van der Waals surface area contributed by atoms with Gasteiger partial charge in [-0.1, -0.05) is 115 Å². The van der Waals surface area contributed by atoms with E-state index in [1.54, 1.807) is 0 Å². The third kappa shape index (κ3) is 23.2. The van der Waals surface area contributed by atoms with Gasteiger partial charge in [-0.3, -0.25) is 4.79 Å². The van der Waals surface area contributed by atoms with E-state index in [-0.39, 0.29) is 6.42 Å². The highest BCUT2D eigenvalue weighted by atomic mass is 16.4. The average molecular weight is 353 g/mol. The normalized spacial score (nSPS) is 11.4. The molecule has 0 amide bonds. The van der Waals surface area contributed by atoms with E-state index in [2.05, 4.69) is 13.0 Å². The fraction of sp³-hybridized carbons (Fsp3) is 0.870. The highest BCUT2D eigenvalue weighted by Gasteiger charge is 1.95. The second kappa shape index (κ2) is 21.3. The molecule has 0 spiro atoms. The van der Waals surface area contributed by atoms with Gasteiger partial charge in [0.2, 0.25) is 0 Å². The van der Waals surface area contributed by atoms with Crippen LogP contribution in [-0.4, -0.2) is 11.1 Å². The number of carboxylic acid groups (broad SMARTS) is 1. The molecule has 0 radical (unpaired) electrons. The lowest BCUT2D eigenvalue weighted by Gasteiger charge is -2.03. The van der Waals surface area contributed by atoms with Gasteiger partial charge in [-0.05, 0) is 19.3 Å². The quantitative estimate of drug-likeness (QED) is 0.178. The molecule has 0 aliphatic carbocycles. The molecular weight excluding hydrogens is 308 g/mol. The Morgan fingerprint density at radius 3 is 1.36 bits per heavy atom. The van der Waals surface area contributed by atoms with Crippen molar-refractivity contribution in [3.8, 4) is 0 Å². The van der Waals surface area contributed by atoms with E-state index >= 15 is 0 Å². The minimum Gasteiger partial charge on any atom is -0.481 e. The van der Waals surface area contributed by atoms with Crippen molar-refractivity contribution >= 4 is 5.97 Å². The summed E-state index contributed by atoms with van der Waals surface area (Å²) in [5.41, 5.74) is 0. The summed E-state index contributed by atoms with van der Waals surface area (Å²) in [5, 5.41) is 8.53. The maximum absolute atomic E-state index is 10.4. The molecule has 0 unspecified atom stereocenters. The molecule has 0 aromatic heterocycles. The van der Waals surface area contributed by atoms with Gasteiger partial charge in [-0.2, -0.15) is 0 Å². The van der Waals surface area contributed by atoms with Gasteiger partial charge in [0, 0.05) is 6.42 Å². The van der Waals surface area contributed by atoms with Crippen LogP contribution in [0.4, 0.5) is 0 Å². The molecule has 0 atom stereocenters. The average Bonchev–Trinajstić information content (AvgIpc) is 2.60. The number of aliphatic carboxylic acids is 1. The van der Waals surface area contributed by atoms with Crippen LogP contribution in [0.1, 0.15) is 129 Å². The van der Waals surface area contributed by atoms with Crippen LogP contribution in [0.15, 0.2) is 12.2 Å². The summed E-state index contributed by atoms with van der Waals surface area (Å²) < 4.78 is 0. The lowest BCUT2D eigenvalue weighted by Crippen LogP contribution is -1.91. The molecule has 0 heterocycles. The van der Waals surface area contributed by atoms with E-state index in [0.717, 1.165) is 6.42 Å². The molecule has 0 aromatic rings. The molecule has 0 bridgehead atoms. The van der Waals surface area contributed by atoms with E-state index in [1.165, 1.54) is 103 Å². The Balaban J connectivity index is 3.04. The van der Waals surface area contributed by atoms with Crippen LogP contribution in [0.2, 0.25) is 0 Å². The molecule has 1 N–H and O–H groups in total. The summed E-state index contributed by atoms with van der Waals surface area (Å²) in [6, 6.07) is 0. The van der Waals surface area contributed by atoms with Crippen molar-refractivity contribution in [1.82, 2.24) is 0 Å². The predicted octanol–water partition coefficient (Wildman–Crippen LogP) is 8.06. The number of carboxylic acids is 1. The van der Waals surface area contributed by atoms with Crippen LogP contribution in [0.25, 0.3) is 0 Å². The Morgan fingerprint density at radius 2 is 0.960 bits per heavy atom. The van der Waals surface area contributed by atoms with Gasteiger partial charge in [-0.25, -0.2) is 0 Å². The summed E-state index contributed by atoms with van der Waals surface area (Å²) in [7, 11) is 0. The van der Waals surface area contributed by atoms with Crippen molar-refractivity contribution in [3.05, 3.63) is 12.2 Å². The number of allylic oxidation sites excluding steroid dienone is 2. The maximum Gasteiger partial charge on any atom is 0.303 e. The topological polar surface area (TPSA) is 37.3 Å². The lowest BCUT2D eigenvalue weighted by atomic mass is 10.0. The summed E-state index contributed by atoms with van der Waals surface area (Å²) in [4.78, 5) is 10.4. The first kappa shape index (κ1) is 24.2. The summed E-state index contributed by atoms with van der Waals surface area (Å²) in [5.74, 6) is -0.702. The largest absolute Gasteiger partial charge is 0.481 e. The van der Waals surface area contributed by atoms with Gasteiger partial charge >= 0.3 is 5.97 Å². The number of carbonyl (C=O) groups is 1. The summed E-state index contributed by atoms with van der Waals surface area (Å²) in [6.45, 7) is 2.28. The fourth-order valence-electron chi connectivity index (χ4n) is 3.25.